The van der Waals surface area contributed by atoms with E-state index in [1.54, 1.807) is 0 Å². The minimum atomic E-state index is -0.269. The maximum Gasteiger partial charge on any atom is 0.0636 e. The molecular formula is C13H19NO. The Labute approximate surface area is 91.3 Å². The molecule has 1 aliphatic rings. The third kappa shape index (κ3) is 3.05. The van der Waals surface area contributed by atoms with Gasteiger partial charge in [0.1, 0.15) is 0 Å². The van der Waals surface area contributed by atoms with Crippen LogP contribution in [0.15, 0.2) is 30.3 Å². The highest BCUT2D eigenvalue weighted by atomic mass is 16.3. The number of hydrogen-bond acceptors (Lipinski definition) is 2. The highest BCUT2D eigenvalue weighted by Crippen LogP contribution is 2.40. The average molecular weight is 205 g/mol. The Balaban J connectivity index is 2.00. The fourth-order valence-corrected chi connectivity index (χ4v) is 1.94. The van der Waals surface area contributed by atoms with Gasteiger partial charge in [0.25, 0.3) is 0 Å². The summed E-state index contributed by atoms with van der Waals surface area (Å²) in [7, 11) is 0. The summed E-state index contributed by atoms with van der Waals surface area (Å²) in [4.78, 5) is 0. The number of benzene rings is 1. The lowest BCUT2D eigenvalue weighted by Gasteiger charge is -2.19. The second-order valence-corrected chi connectivity index (χ2v) is 4.48. The fraction of sp³-hybridized carbons (Fsp3) is 0.538. The molecule has 1 aromatic carbocycles. The summed E-state index contributed by atoms with van der Waals surface area (Å²) in [6, 6.07) is 11.0. The van der Waals surface area contributed by atoms with Crippen LogP contribution < -0.4 is 5.32 Å². The number of hydrogen-bond donors (Lipinski definition) is 2. The Morgan fingerprint density at radius 1 is 1.33 bits per heavy atom. The van der Waals surface area contributed by atoms with Crippen molar-refractivity contribution < 1.29 is 5.11 Å². The van der Waals surface area contributed by atoms with Crippen molar-refractivity contribution in [1.82, 2.24) is 5.32 Å². The van der Waals surface area contributed by atoms with Crippen molar-refractivity contribution in [1.29, 1.82) is 0 Å². The third-order valence-electron chi connectivity index (χ3n) is 2.89. The summed E-state index contributed by atoms with van der Waals surface area (Å²) in [5.74, 6) is 0.770. The van der Waals surface area contributed by atoms with Crippen LogP contribution >= 0.6 is 0 Å². The van der Waals surface area contributed by atoms with E-state index in [1.165, 1.54) is 18.4 Å². The Hall–Kier alpha value is -0.860. The van der Waals surface area contributed by atoms with E-state index in [0.29, 0.717) is 12.6 Å². The van der Waals surface area contributed by atoms with Crippen LogP contribution in [0.1, 0.15) is 31.4 Å². The molecule has 2 N–H and O–H groups in total. The number of aliphatic hydroxyl groups excluding tert-OH is 1. The molecule has 1 aliphatic carbocycles. The molecule has 0 saturated heterocycles. The van der Waals surface area contributed by atoms with Gasteiger partial charge in [-0.1, -0.05) is 30.3 Å². The Morgan fingerprint density at radius 3 is 2.53 bits per heavy atom. The van der Waals surface area contributed by atoms with Gasteiger partial charge < -0.3 is 10.4 Å². The molecule has 0 amide bonds. The first-order valence-corrected chi connectivity index (χ1v) is 5.74. The Morgan fingerprint density at radius 2 is 2.00 bits per heavy atom. The van der Waals surface area contributed by atoms with E-state index in [4.69, 9.17) is 0 Å². The van der Waals surface area contributed by atoms with Crippen LogP contribution in [-0.2, 0) is 0 Å². The zero-order valence-corrected chi connectivity index (χ0v) is 9.19. The Bertz CT molecular complexity index is 293. The van der Waals surface area contributed by atoms with Crippen molar-refractivity contribution in [3.8, 4) is 0 Å². The smallest absolute Gasteiger partial charge is 0.0636 e. The molecule has 82 valence electrons. The first kappa shape index (κ1) is 10.7. The van der Waals surface area contributed by atoms with Gasteiger partial charge in [0, 0.05) is 12.6 Å². The molecule has 2 atom stereocenters. The molecular weight excluding hydrogens is 186 g/mol. The first-order chi connectivity index (χ1) is 7.27. The molecule has 2 nitrogen and oxygen atoms in total. The topological polar surface area (TPSA) is 32.3 Å². The van der Waals surface area contributed by atoms with Crippen molar-refractivity contribution in [2.45, 2.75) is 31.9 Å². The van der Waals surface area contributed by atoms with Crippen LogP contribution in [0.3, 0.4) is 0 Å². The molecule has 0 heterocycles. The van der Waals surface area contributed by atoms with Crippen molar-refractivity contribution in [2.75, 3.05) is 6.54 Å². The second-order valence-electron chi connectivity index (χ2n) is 4.48. The maximum absolute atomic E-state index is 9.29. The molecule has 0 bridgehead atoms. The summed E-state index contributed by atoms with van der Waals surface area (Å²) in [6.07, 6.45) is 2.36. The van der Waals surface area contributed by atoms with Gasteiger partial charge in [0.2, 0.25) is 0 Å². The van der Waals surface area contributed by atoms with Gasteiger partial charge >= 0.3 is 0 Å². The lowest BCUT2D eigenvalue weighted by atomic mass is 10.0. The predicted octanol–water partition coefficient (Wildman–Crippen LogP) is 2.11. The van der Waals surface area contributed by atoms with Crippen molar-refractivity contribution in [2.24, 2.45) is 5.92 Å². The molecule has 15 heavy (non-hydrogen) atoms. The third-order valence-corrected chi connectivity index (χ3v) is 2.89. The van der Waals surface area contributed by atoms with Crippen LogP contribution in [0.25, 0.3) is 0 Å². The van der Waals surface area contributed by atoms with E-state index in [1.807, 2.05) is 13.0 Å². The number of rotatable bonds is 5. The highest BCUT2D eigenvalue weighted by Gasteiger charge is 2.31. The number of aliphatic hydroxyl groups is 1. The summed E-state index contributed by atoms with van der Waals surface area (Å²) in [5.41, 5.74) is 1.35. The summed E-state index contributed by atoms with van der Waals surface area (Å²) in [6.45, 7) is 2.50. The standard InChI is InChI=1S/C13H19NO/c1-10(15)9-14-13(12-7-8-12)11-5-3-2-4-6-11/h2-6,10,12-15H,7-9H2,1H3/t10-,13-/m1/s1. The fourth-order valence-electron chi connectivity index (χ4n) is 1.94. The average Bonchev–Trinajstić information content (AvgIpc) is 3.03. The van der Waals surface area contributed by atoms with Crippen LogP contribution in [0, 0.1) is 5.92 Å². The van der Waals surface area contributed by atoms with Gasteiger partial charge in [-0.3, -0.25) is 0 Å². The SMILES string of the molecule is C[C@@H](O)CN[C@H](c1ccccc1)C1CC1. The molecule has 1 saturated carbocycles. The monoisotopic (exact) mass is 205 g/mol. The maximum atomic E-state index is 9.29. The lowest BCUT2D eigenvalue weighted by molar-refractivity contribution is 0.184. The molecule has 1 aromatic rings. The van der Waals surface area contributed by atoms with Crippen molar-refractivity contribution in [3.63, 3.8) is 0 Å². The van der Waals surface area contributed by atoms with Gasteiger partial charge in [0.15, 0.2) is 0 Å². The minimum absolute atomic E-state index is 0.269. The molecule has 0 aliphatic heterocycles. The second kappa shape index (κ2) is 4.77. The predicted molar refractivity (Wildman–Crippen MR) is 61.6 cm³/mol. The molecule has 2 rings (SSSR count). The van der Waals surface area contributed by atoms with E-state index in [2.05, 4.69) is 29.6 Å². The normalized spacial score (nSPS) is 19.9. The van der Waals surface area contributed by atoms with E-state index in [0.717, 1.165) is 5.92 Å². The Kier molecular flexibility index (Phi) is 3.39. The van der Waals surface area contributed by atoms with Crippen molar-refractivity contribution in [3.05, 3.63) is 35.9 Å². The van der Waals surface area contributed by atoms with E-state index < -0.39 is 0 Å². The summed E-state index contributed by atoms with van der Waals surface area (Å²) in [5, 5.41) is 12.7. The van der Waals surface area contributed by atoms with Crippen LogP contribution in [0.2, 0.25) is 0 Å². The summed E-state index contributed by atoms with van der Waals surface area (Å²) < 4.78 is 0. The van der Waals surface area contributed by atoms with Gasteiger partial charge in [-0.2, -0.15) is 0 Å². The molecule has 2 heteroatoms. The zero-order valence-electron chi connectivity index (χ0n) is 9.19. The van der Waals surface area contributed by atoms with E-state index >= 15 is 0 Å². The molecule has 0 spiro atoms. The van der Waals surface area contributed by atoms with Gasteiger partial charge in [-0.05, 0) is 31.2 Å². The number of nitrogens with one attached hydrogen (secondary N) is 1. The zero-order chi connectivity index (χ0) is 10.7. The van der Waals surface area contributed by atoms with E-state index in [9.17, 15) is 5.11 Å². The largest absolute Gasteiger partial charge is 0.392 e. The molecule has 0 aromatic heterocycles. The van der Waals surface area contributed by atoms with Crippen molar-refractivity contribution >= 4 is 0 Å². The molecule has 0 unspecified atom stereocenters. The lowest BCUT2D eigenvalue weighted by Crippen LogP contribution is -2.29. The quantitative estimate of drug-likeness (QED) is 0.771. The van der Waals surface area contributed by atoms with Gasteiger partial charge in [-0.25, -0.2) is 0 Å². The minimum Gasteiger partial charge on any atom is -0.392 e. The summed E-state index contributed by atoms with van der Waals surface area (Å²) >= 11 is 0. The molecule has 0 radical (unpaired) electrons. The molecule has 1 fully saturated rings. The van der Waals surface area contributed by atoms with Crippen LogP contribution in [0.4, 0.5) is 0 Å². The van der Waals surface area contributed by atoms with Gasteiger partial charge in [-0.15, -0.1) is 0 Å². The highest BCUT2D eigenvalue weighted by molar-refractivity contribution is 5.21. The van der Waals surface area contributed by atoms with Crippen LogP contribution in [0.5, 0.6) is 0 Å². The first-order valence-electron chi connectivity index (χ1n) is 5.74. The van der Waals surface area contributed by atoms with Gasteiger partial charge in [0.05, 0.1) is 6.10 Å². The van der Waals surface area contributed by atoms with Crippen LogP contribution in [-0.4, -0.2) is 17.8 Å². The van der Waals surface area contributed by atoms with E-state index in [-0.39, 0.29) is 6.10 Å².